The molecule has 2 aromatic heterocycles. The number of hydrogen-bond acceptors (Lipinski definition) is 6. The van der Waals surface area contributed by atoms with E-state index in [0.717, 1.165) is 18.0 Å². The maximum atomic E-state index is 11.1. The van der Waals surface area contributed by atoms with Crippen molar-refractivity contribution in [3.63, 3.8) is 0 Å². The number of nitro groups is 1. The van der Waals surface area contributed by atoms with Crippen LogP contribution in [0.25, 0.3) is 0 Å². The average Bonchev–Trinajstić information content (AvgIpc) is 2.41. The quantitative estimate of drug-likeness (QED) is 0.671. The molecule has 1 N–H and O–H groups in total. The van der Waals surface area contributed by atoms with Gasteiger partial charge in [0.15, 0.2) is 0 Å². The van der Waals surface area contributed by atoms with Gasteiger partial charge in [0.2, 0.25) is 5.88 Å². The van der Waals surface area contributed by atoms with Crippen LogP contribution < -0.4 is 4.74 Å². The zero-order valence-electron chi connectivity index (χ0n) is 10.3. The lowest BCUT2D eigenvalue weighted by molar-refractivity contribution is -0.385. The first-order valence-corrected chi connectivity index (χ1v) is 5.45. The molecule has 0 aliphatic carbocycles. The summed E-state index contributed by atoms with van der Waals surface area (Å²) >= 11 is 0. The topological polar surface area (TPSA) is 115 Å². The van der Waals surface area contributed by atoms with Crippen LogP contribution in [0.2, 0.25) is 0 Å². The Labute approximate surface area is 112 Å². The first-order valence-electron chi connectivity index (χ1n) is 5.45. The third-order valence-electron chi connectivity index (χ3n) is 2.38. The fourth-order valence-electron chi connectivity index (χ4n) is 1.40. The van der Waals surface area contributed by atoms with Gasteiger partial charge in [0.25, 0.3) is 5.69 Å². The highest BCUT2D eigenvalue weighted by Gasteiger charge is 2.19. The van der Waals surface area contributed by atoms with Crippen LogP contribution in [0.3, 0.4) is 0 Å². The smallest absolute Gasteiger partial charge is 0.341 e. The van der Waals surface area contributed by atoms with Crippen LogP contribution in [0.5, 0.6) is 11.6 Å². The zero-order valence-corrected chi connectivity index (χ0v) is 10.3. The summed E-state index contributed by atoms with van der Waals surface area (Å²) in [7, 11) is 0. The van der Waals surface area contributed by atoms with Crippen molar-refractivity contribution in [3.05, 3.63) is 52.0 Å². The van der Waals surface area contributed by atoms with E-state index in [9.17, 15) is 14.9 Å². The molecule has 2 heterocycles. The summed E-state index contributed by atoms with van der Waals surface area (Å²) in [5, 5.41) is 19.6. The lowest BCUT2D eigenvalue weighted by Crippen LogP contribution is -2.03. The summed E-state index contributed by atoms with van der Waals surface area (Å²) < 4.78 is 5.28. The zero-order chi connectivity index (χ0) is 14.7. The Hall–Kier alpha value is -3.03. The molecule has 2 aromatic rings. The molecule has 0 saturated heterocycles. The lowest BCUT2D eigenvalue weighted by atomic mass is 10.2. The van der Waals surface area contributed by atoms with E-state index in [0.29, 0.717) is 5.75 Å². The molecule has 0 spiro atoms. The molecule has 0 aromatic carbocycles. The predicted molar refractivity (Wildman–Crippen MR) is 66.9 cm³/mol. The number of hydrogen-bond donors (Lipinski definition) is 1. The standard InChI is InChI=1S/C12H9N3O5/c1-7-2-3-9(6-13-7)20-11-10(12(16)17)4-8(5-14-11)15(18)19/h2-6H,1H3,(H,16,17). The molecule has 0 aliphatic rings. The molecular weight excluding hydrogens is 266 g/mol. The van der Waals surface area contributed by atoms with Crippen LogP contribution in [0, 0.1) is 17.0 Å². The van der Waals surface area contributed by atoms with Crippen molar-refractivity contribution in [1.82, 2.24) is 9.97 Å². The summed E-state index contributed by atoms with van der Waals surface area (Å²) in [6.45, 7) is 1.79. The van der Waals surface area contributed by atoms with E-state index in [1.54, 1.807) is 19.1 Å². The van der Waals surface area contributed by atoms with Crippen LogP contribution in [-0.2, 0) is 0 Å². The number of nitrogens with zero attached hydrogens (tertiary/aromatic N) is 3. The first kappa shape index (κ1) is 13.4. The Bertz CT molecular complexity index is 669. The predicted octanol–water partition coefficient (Wildman–Crippen LogP) is 2.18. The van der Waals surface area contributed by atoms with E-state index >= 15 is 0 Å². The summed E-state index contributed by atoms with van der Waals surface area (Å²) in [6.07, 6.45) is 2.34. The second-order valence-corrected chi connectivity index (χ2v) is 3.85. The number of carboxylic acids is 1. The Morgan fingerprint density at radius 2 is 2.10 bits per heavy atom. The minimum Gasteiger partial charge on any atom is -0.477 e. The van der Waals surface area contributed by atoms with Crippen molar-refractivity contribution < 1.29 is 19.6 Å². The van der Waals surface area contributed by atoms with Crippen molar-refractivity contribution >= 4 is 11.7 Å². The molecule has 0 amide bonds. The molecule has 102 valence electrons. The number of ether oxygens (including phenoxy) is 1. The number of rotatable bonds is 4. The maximum Gasteiger partial charge on any atom is 0.341 e. The van der Waals surface area contributed by atoms with Gasteiger partial charge in [0.05, 0.1) is 11.1 Å². The van der Waals surface area contributed by atoms with Gasteiger partial charge in [-0.25, -0.2) is 9.78 Å². The van der Waals surface area contributed by atoms with Gasteiger partial charge in [-0.3, -0.25) is 15.1 Å². The van der Waals surface area contributed by atoms with Crippen LogP contribution in [0.1, 0.15) is 16.1 Å². The highest BCUT2D eigenvalue weighted by atomic mass is 16.6. The van der Waals surface area contributed by atoms with Crippen LogP contribution >= 0.6 is 0 Å². The molecule has 2 rings (SSSR count). The molecule has 0 unspecified atom stereocenters. The largest absolute Gasteiger partial charge is 0.477 e. The van der Waals surface area contributed by atoms with E-state index in [1.807, 2.05) is 0 Å². The molecule has 8 nitrogen and oxygen atoms in total. The van der Waals surface area contributed by atoms with Gasteiger partial charge in [-0.2, -0.15) is 0 Å². The molecule has 0 bridgehead atoms. The highest BCUT2D eigenvalue weighted by Crippen LogP contribution is 2.25. The van der Waals surface area contributed by atoms with Gasteiger partial charge in [-0.05, 0) is 19.1 Å². The van der Waals surface area contributed by atoms with Crippen molar-refractivity contribution in [2.75, 3.05) is 0 Å². The Kier molecular flexibility index (Phi) is 3.56. The molecule has 0 saturated carbocycles. The minimum atomic E-state index is -1.36. The Morgan fingerprint density at radius 3 is 2.65 bits per heavy atom. The summed E-state index contributed by atoms with van der Waals surface area (Å²) in [5.41, 5.74) is -0.0379. The monoisotopic (exact) mass is 275 g/mol. The first-order chi connectivity index (χ1) is 9.47. The number of carbonyl (C=O) groups is 1. The van der Waals surface area contributed by atoms with Crippen LogP contribution in [0.4, 0.5) is 5.69 Å². The molecule has 0 aliphatic heterocycles. The van der Waals surface area contributed by atoms with Gasteiger partial charge in [0.1, 0.15) is 17.5 Å². The van der Waals surface area contributed by atoms with E-state index in [-0.39, 0.29) is 11.4 Å². The number of aryl methyl sites for hydroxylation is 1. The van der Waals surface area contributed by atoms with E-state index in [2.05, 4.69) is 9.97 Å². The summed E-state index contributed by atoms with van der Waals surface area (Å²) in [4.78, 5) is 28.6. The number of aromatic nitrogens is 2. The van der Waals surface area contributed by atoms with Gasteiger partial charge in [-0.1, -0.05) is 0 Å². The van der Waals surface area contributed by atoms with E-state index < -0.39 is 16.6 Å². The fraction of sp³-hybridized carbons (Fsp3) is 0.0833. The lowest BCUT2D eigenvalue weighted by Gasteiger charge is -2.07. The van der Waals surface area contributed by atoms with Crippen LogP contribution in [-0.4, -0.2) is 26.0 Å². The third kappa shape index (κ3) is 2.86. The molecule has 0 fully saturated rings. The van der Waals surface area contributed by atoms with E-state index in [4.69, 9.17) is 9.84 Å². The second kappa shape index (κ2) is 5.31. The van der Waals surface area contributed by atoms with Crippen molar-refractivity contribution in [2.45, 2.75) is 6.92 Å². The van der Waals surface area contributed by atoms with Crippen molar-refractivity contribution in [1.29, 1.82) is 0 Å². The van der Waals surface area contributed by atoms with Gasteiger partial charge in [-0.15, -0.1) is 0 Å². The van der Waals surface area contributed by atoms with Crippen molar-refractivity contribution in [3.8, 4) is 11.6 Å². The van der Waals surface area contributed by atoms with Gasteiger partial charge in [0, 0.05) is 11.8 Å². The normalized spacial score (nSPS) is 10.1. The minimum absolute atomic E-state index is 0.228. The Balaban J connectivity index is 2.38. The maximum absolute atomic E-state index is 11.1. The average molecular weight is 275 g/mol. The van der Waals surface area contributed by atoms with Crippen molar-refractivity contribution in [2.24, 2.45) is 0 Å². The SMILES string of the molecule is Cc1ccc(Oc2ncc([N+](=O)[O-])cc2C(=O)O)cn1. The number of pyridine rings is 2. The Morgan fingerprint density at radius 1 is 1.35 bits per heavy atom. The summed E-state index contributed by atoms with van der Waals surface area (Å²) in [5.74, 6) is -1.30. The third-order valence-corrected chi connectivity index (χ3v) is 2.38. The number of carboxylic acid groups (broad SMARTS) is 1. The highest BCUT2D eigenvalue weighted by molar-refractivity contribution is 5.91. The fourth-order valence-corrected chi connectivity index (χ4v) is 1.40. The molecule has 0 atom stereocenters. The molecule has 20 heavy (non-hydrogen) atoms. The second-order valence-electron chi connectivity index (χ2n) is 3.85. The molecule has 8 heteroatoms. The van der Waals surface area contributed by atoms with Gasteiger partial charge < -0.3 is 9.84 Å². The van der Waals surface area contributed by atoms with Crippen LogP contribution in [0.15, 0.2) is 30.6 Å². The van der Waals surface area contributed by atoms with E-state index in [1.165, 1.54) is 6.20 Å². The number of aromatic carboxylic acids is 1. The van der Waals surface area contributed by atoms with Gasteiger partial charge >= 0.3 is 5.97 Å². The molecular formula is C12H9N3O5. The molecule has 0 radical (unpaired) electrons. The summed E-state index contributed by atoms with van der Waals surface area (Å²) in [6, 6.07) is 4.17.